The third-order valence-electron chi connectivity index (χ3n) is 3.22. The zero-order valence-corrected chi connectivity index (χ0v) is 14.8. The summed E-state index contributed by atoms with van der Waals surface area (Å²) in [6.07, 6.45) is 3.49. The van der Waals surface area contributed by atoms with Crippen LogP contribution in [0, 0.1) is 3.57 Å². The first-order valence-corrected chi connectivity index (χ1v) is 8.42. The highest BCUT2D eigenvalue weighted by molar-refractivity contribution is 14.1. The molecule has 0 saturated carbocycles. The lowest BCUT2D eigenvalue weighted by Gasteiger charge is -2.08. The first kappa shape index (κ1) is 16.4. The van der Waals surface area contributed by atoms with Gasteiger partial charge in [0.2, 0.25) is 0 Å². The van der Waals surface area contributed by atoms with Crippen molar-refractivity contribution in [2.45, 2.75) is 0 Å². The Balaban J connectivity index is 1.47. The highest BCUT2D eigenvalue weighted by atomic mass is 127. The summed E-state index contributed by atoms with van der Waals surface area (Å²) in [5.74, 6) is 1.22. The minimum Gasteiger partial charge on any atom is -0.367 e. The molecule has 3 aromatic rings. The molecule has 24 heavy (non-hydrogen) atoms. The second-order valence-electron chi connectivity index (χ2n) is 4.89. The standard InChI is InChI=1S/C16H15IN6O/c17-13-5-2-1-4-12(13)16(24)19-10-9-18-14-6-7-15(22-21-14)23-11-3-8-20-23/h1-8,11H,9-10H2,(H,18,21)(H,19,24). The van der Waals surface area contributed by atoms with Crippen LogP contribution in [0.4, 0.5) is 5.82 Å². The van der Waals surface area contributed by atoms with Gasteiger partial charge in [-0.3, -0.25) is 4.79 Å². The van der Waals surface area contributed by atoms with E-state index in [4.69, 9.17) is 0 Å². The molecule has 0 aliphatic rings. The van der Waals surface area contributed by atoms with Crippen LogP contribution in [0.2, 0.25) is 0 Å². The molecule has 7 nitrogen and oxygen atoms in total. The third-order valence-corrected chi connectivity index (χ3v) is 4.17. The van der Waals surface area contributed by atoms with Crippen LogP contribution in [-0.2, 0) is 0 Å². The van der Waals surface area contributed by atoms with Crippen molar-refractivity contribution in [1.82, 2.24) is 25.3 Å². The number of nitrogens with one attached hydrogen (secondary N) is 2. The highest BCUT2D eigenvalue weighted by Crippen LogP contribution is 2.10. The predicted molar refractivity (Wildman–Crippen MR) is 99.1 cm³/mol. The number of nitrogens with zero attached hydrogens (tertiary/aromatic N) is 4. The highest BCUT2D eigenvalue weighted by Gasteiger charge is 2.07. The molecule has 8 heteroatoms. The van der Waals surface area contributed by atoms with Crippen molar-refractivity contribution < 1.29 is 4.79 Å². The second kappa shape index (κ2) is 7.86. The van der Waals surface area contributed by atoms with E-state index in [9.17, 15) is 4.79 Å². The molecule has 2 N–H and O–H groups in total. The van der Waals surface area contributed by atoms with E-state index in [1.54, 1.807) is 17.1 Å². The molecule has 0 fully saturated rings. The number of halogens is 1. The fraction of sp³-hybridized carbons (Fsp3) is 0.125. The zero-order valence-electron chi connectivity index (χ0n) is 12.7. The number of amides is 1. The summed E-state index contributed by atoms with van der Waals surface area (Å²) >= 11 is 2.15. The minimum absolute atomic E-state index is 0.0816. The molecule has 0 radical (unpaired) electrons. The van der Waals surface area contributed by atoms with Crippen molar-refractivity contribution in [3.63, 3.8) is 0 Å². The van der Waals surface area contributed by atoms with Crippen molar-refractivity contribution in [3.8, 4) is 5.82 Å². The summed E-state index contributed by atoms with van der Waals surface area (Å²) in [4.78, 5) is 12.1. The monoisotopic (exact) mass is 434 g/mol. The van der Waals surface area contributed by atoms with Crippen LogP contribution in [-0.4, -0.2) is 39.0 Å². The van der Waals surface area contributed by atoms with Crippen LogP contribution in [0.3, 0.4) is 0 Å². The molecule has 0 aliphatic heterocycles. The first-order chi connectivity index (χ1) is 11.7. The summed E-state index contributed by atoms with van der Waals surface area (Å²) < 4.78 is 2.57. The van der Waals surface area contributed by atoms with Gasteiger partial charge in [-0.25, -0.2) is 4.68 Å². The maximum Gasteiger partial charge on any atom is 0.252 e. The van der Waals surface area contributed by atoms with Crippen molar-refractivity contribution in [2.24, 2.45) is 0 Å². The van der Waals surface area contributed by atoms with Gasteiger partial charge in [0.1, 0.15) is 5.82 Å². The zero-order chi connectivity index (χ0) is 16.8. The molecule has 0 atom stereocenters. The Hall–Kier alpha value is -2.49. The van der Waals surface area contributed by atoms with Gasteiger partial charge in [-0.1, -0.05) is 12.1 Å². The van der Waals surface area contributed by atoms with Crippen molar-refractivity contribution in [2.75, 3.05) is 18.4 Å². The van der Waals surface area contributed by atoms with Gasteiger partial charge in [0, 0.05) is 29.1 Å². The summed E-state index contributed by atoms with van der Waals surface area (Å²) in [5, 5.41) is 18.3. The maximum absolute atomic E-state index is 12.1. The summed E-state index contributed by atoms with van der Waals surface area (Å²) in [6.45, 7) is 1.05. The Morgan fingerprint density at radius 1 is 1.08 bits per heavy atom. The number of hydrogen-bond donors (Lipinski definition) is 2. The largest absolute Gasteiger partial charge is 0.367 e. The van der Waals surface area contributed by atoms with Gasteiger partial charge in [0.05, 0.1) is 5.56 Å². The molecule has 0 bridgehead atoms. The van der Waals surface area contributed by atoms with Gasteiger partial charge in [-0.05, 0) is 52.9 Å². The number of aromatic nitrogens is 4. The Bertz CT molecular complexity index is 804. The molecular formula is C16H15IN6O. The van der Waals surface area contributed by atoms with E-state index in [-0.39, 0.29) is 5.91 Å². The van der Waals surface area contributed by atoms with Crippen LogP contribution in [0.15, 0.2) is 54.9 Å². The van der Waals surface area contributed by atoms with Crippen molar-refractivity contribution in [1.29, 1.82) is 0 Å². The minimum atomic E-state index is -0.0816. The van der Waals surface area contributed by atoms with Crippen LogP contribution >= 0.6 is 22.6 Å². The Labute approximate surface area is 152 Å². The quantitative estimate of drug-likeness (QED) is 0.459. The van der Waals surface area contributed by atoms with Gasteiger partial charge in [0.25, 0.3) is 5.91 Å². The SMILES string of the molecule is O=C(NCCNc1ccc(-n2cccn2)nn1)c1ccccc1I. The van der Waals surface area contributed by atoms with Gasteiger partial charge in [-0.2, -0.15) is 5.10 Å². The number of benzene rings is 1. The Morgan fingerprint density at radius 2 is 1.96 bits per heavy atom. The molecule has 3 rings (SSSR count). The summed E-state index contributed by atoms with van der Waals surface area (Å²) in [6, 6.07) is 13.0. The van der Waals surface area contributed by atoms with E-state index in [2.05, 4.69) is 48.5 Å². The van der Waals surface area contributed by atoms with E-state index in [1.807, 2.05) is 42.5 Å². The number of hydrogen-bond acceptors (Lipinski definition) is 5. The summed E-state index contributed by atoms with van der Waals surface area (Å²) in [5.41, 5.74) is 0.682. The molecule has 2 heterocycles. The molecule has 0 aliphatic carbocycles. The number of carbonyl (C=O) groups excluding carboxylic acids is 1. The van der Waals surface area contributed by atoms with Gasteiger partial charge >= 0.3 is 0 Å². The predicted octanol–water partition coefficient (Wildman–Crippen LogP) is 2.11. The molecule has 122 valence electrons. The van der Waals surface area contributed by atoms with E-state index in [1.165, 1.54) is 0 Å². The van der Waals surface area contributed by atoms with Crippen molar-refractivity contribution >= 4 is 34.3 Å². The smallest absolute Gasteiger partial charge is 0.252 e. The number of anilines is 1. The molecule has 0 saturated heterocycles. The normalized spacial score (nSPS) is 10.4. The average molecular weight is 434 g/mol. The molecule has 0 unspecified atom stereocenters. The molecule has 0 spiro atoms. The maximum atomic E-state index is 12.1. The van der Waals surface area contributed by atoms with E-state index >= 15 is 0 Å². The first-order valence-electron chi connectivity index (χ1n) is 7.34. The summed E-state index contributed by atoms with van der Waals surface area (Å²) in [7, 11) is 0. The average Bonchev–Trinajstić information content (AvgIpc) is 3.14. The van der Waals surface area contributed by atoms with Crippen LogP contribution in [0.1, 0.15) is 10.4 Å². The molecule has 2 aromatic heterocycles. The topological polar surface area (TPSA) is 84.7 Å². The number of carbonyl (C=O) groups is 1. The van der Waals surface area contributed by atoms with Gasteiger partial charge in [-0.15, -0.1) is 10.2 Å². The lowest BCUT2D eigenvalue weighted by molar-refractivity contribution is 0.0954. The van der Waals surface area contributed by atoms with Crippen molar-refractivity contribution in [3.05, 3.63) is 64.0 Å². The van der Waals surface area contributed by atoms with Gasteiger partial charge < -0.3 is 10.6 Å². The Morgan fingerprint density at radius 3 is 2.67 bits per heavy atom. The van der Waals surface area contributed by atoms with Crippen LogP contribution in [0.5, 0.6) is 0 Å². The fourth-order valence-corrected chi connectivity index (χ4v) is 2.69. The van der Waals surface area contributed by atoms with E-state index in [0.29, 0.717) is 30.3 Å². The van der Waals surface area contributed by atoms with Crippen LogP contribution in [0.25, 0.3) is 5.82 Å². The number of rotatable bonds is 6. The van der Waals surface area contributed by atoms with Crippen LogP contribution < -0.4 is 10.6 Å². The van der Waals surface area contributed by atoms with Gasteiger partial charge in [0.15, 0.2) is 5.82 Å². The lowest BCUT2D eigenvalue weighted by Crippen LogP contribution is -2.29. The van der Waals surface area contributed by atoms with E-state index < -0.39 is 0 Å². The molecular weight excluding hydrogens is 419 g/mol. The molecule has 1 aromatic carbocycles. The fourth-order valence-electron chi connectivity index (χ4n) is 2.05. The second-order valence-corrected chi connectivity index (χ2v) is 6.05. The lowest BCUT2D eigenvalue weighted by atomic mass is 10.2. The molecule has 1 amide bonds. The van der Waals surface area contributed by atoms with E-state index in [0.717, 1.165) is 3.57 Å². The third kappa shape index (κ3) is 4.07. The Kier molecular flexibility index (Phi) is 5.36.